The number of guanidine groups is 1. The Morgan fingerprint density at radius 2 is 1.93 bits per heavy atom. The van der Waals surface area contributed by atoms with E-state index in [1.165, 1.54) is 0 Å². The minimum Gasteiger partial charge on any atom is -0.388 e. The lowest BCUT2D eigenvalue weighted by Crippen LogP contribution is -2.26. The predicted molar refractivity (Wildman–Crippen MR) is 59.9 cm³/mol. The van der Waals surface area contributed by atoms with Crippen molar-refractivity contribution < 1.29 is 0 Å². The van der Waals surface area contributed by atoms with Gasteiger partial charge in [-0.15, -0.1) is 0 Å². The smallest absolute Gasteiger partial charge is 0.195 e. The van der Waals surface area contributed by atoms with Crippen LogP contribution in [0.2, 0.25) is 0 Å². The molecular weight excluding hydrogens is 176 g/mol. The number of nitrogens with zero attached hydrogens (tertiary/aromatic N) is 1. The standard InChI is InChI=1S/C10H14N4/c1-11-8-2-4-9(5-3-8)14-10-12-6-7-13-10/h2-5,11H,6-7H2,1H3,(H2,12,13,14). The Hall–Kier alpha value is -1.71. The normalized spacial score (nSPS) is 14.5. The molecule has 1 aromatic carbocycles. The third-order valence-corrected chi connectivity index (χ3v) is 2.11. The maximum absolute atomic E-state index is 4.25. The second-order valence-electron chi connectivity index (χ2n) is 3.11. The van der Waals surface area contributed by atoms with Gasteiger partial charge in [-0.2, -0.15) is 0 Å². The number of anilines is 2. The van der Waals surface area contributed by atoms with Gasteiger partial charge in [0.2, 0.25) is 0 Å². The zero-order valence-electron chi connectivity index (χ0n) is 8.17. The molecule has 0 atom stereocenters. The van der Waals surface area contributed by atoms with Crippen LogP contribution in [-0.2, 0) is 0 Å². The second kappa shape index (κ2) is 4.00. The van der Waals surface area contributed by atoms with Crippen molar-refractivity contribution in [3.63, 3.8) is 0 Å². The lowest BCUT2D eigenvalue weighted by atomic mass is 10.3. The maximum Gasteiger partial charge on any atom is 0.195 e. The van der Waals surface area contributed by atoms with Gasteiger partial charge in [0, 0.05) is 25.0 Å². The molecular formula is C10H14N4. The van der Waals surface area contributed by atoms with Crippen LogP contribution in [0.4, 0.5) is 11.4 Å². The molecule has 0 aromatic heterocycles. The highest BCUT2D eigenvalue weighted by molar-refractivity contribution is 5.94. The van der Waals surface area contributed by atoms with Crippen LogP contribution in [0.25, 0.3) is 0 Å². The fraction of sp³-hybridized carbons (Fsp3) is 0.300. The second-order valence-corrected chi connectivity index (χ2v) is 3.11. The van der Waals surface area contributed by atoms with E-state index in [0.29, 0.717) is 0 Å². The zero-order chi connectivity index (χ0) is 9.80. The Kier molecular flexibility index (Phi) is 2.53. The molecule has 1 aliphatic rings. The minimum atomic E-state index is 0.858. The number of hydrogen-bond donors (Lipinski definition) is 3. The van der Waals surface area contributed by atoms with Crippen molar-refractivity contribution in [1.29, 1.82) is 0 Å². The van der Waals surface area contributed by atoms with Crippen molar-refractivity contribution in [2.24, 2.45) is 4.99 Å². The van der Waals surface area contributed by atoms with Gasteiger partial charge in [-0.25, -0.2) is 0 Å². The highest BCUT2D eigenvalue weighted by Gasteiger charge is 2.03. The number of aliphatic imine (C=N–C) groups is 1. The Bertz CT molecular complexity index is 328. The molecule has 0 unspecified atom stereocenters. The van der Waals surface area contributed by atoms with E-state index in [1.54, 1.807) is 0 Å². The molecule has 2 rings (SSSR count). The third-order valence-electron chi connectivity index (χ3n) is 2.11. The molecule has 0 aliphatic carbocycles. The highest BCUT2D eigenvalue weighted by atomic mass is 15.2. The molecule has 0 bridgehead atoms. The van der Waals surface area contributed by atoms with Gasteiger partial charge in [-0.3, -0.25) is 4.99 Å². The first-order valence-electron chi connectivity index (χ1n) is 4.71. The molecule has 1 aromatic rings. The SMILES string of the molecule is CNc1ccc(NC2=NCCN2)cc1. The van der Waals surface area contributed by atoms with Gasteiger partial charge < -0.3 is 16.0 Å². The van der Waals surface area contributed by atoms with E-state index in [9.17, 15) is 0 Å². The summed E-state index contributed by atoms with van der Waals surface area (Å²) in [7, 11) is 1.91. The molecule has 0 amide bonds. The molecule has 0 spiro atoms. The van der Waals surface area contributed by atoms with Crippen LogP contribution >= 0.6 is 0 Å². The average molecular weight is 190 g/mol. The molecule has 4 nitrogen and oxygen atoms in total. The predicted octanol–water partition coefficient (Wildman–Crippen LogP) is 1.10. The van der Waals surface area contributed by atoms with Gasteiger partial charge in [0.25, 0.3) is 0 Å². The Morgan fingerprint density at radius 1 is 1.21 bits per heavy atom. The summed E-state index contributed by atoms with van der Waals surface area (Å²) in [5.41, 5.74) is 2.16. The van der Waals surface area contributed by atoms with Crippen LogP contribution < -0.4 is 16.0 Å². The van der Waals surface area contributed by atoms with E-state index in [0.717, 1.165) is 30.4 Å². The van der Waals surface area contributed by atoms with E-state index in [4.69, 9.17) is 0 Å². The van der Waals surface area contributed by atoms with Crippen LogP contribution in [0, 0.1) is 0 Å². The lowest BCUT2D eigenvalue weighted by Gasteiger charge is -2.07. The molecule has 3 N–H and O–H groups in total. The van der Waals surface area contributed by atoms with Gasteiger partial charge in [-0.05, 0) is 24.3 Å². The number of nitrogens with one attached hydrogen (secondary N) is 3. The van der Waals surface area contributed by atoms with Crippen LogP contribution in [0.15, 0.2) is 29.3 Å². The van der Waals surface area contributed by atoms with Crippen molar-refractivity contribution in [3.8, 4) is 0 Å². The van der Waals surface area contributed by atoms with Crippen molar-refractivity contribution in [3.05, 3.63) is 24.3 Å². The number of benzene rings is 1. The van der Waals surface area contributed by atoms with E-state index in [2.05, 4.69) is 20.9 Å². The quantitative estimate of drug-likeness (QED) is 0.654. The summed E-state index contributed by atoms with van der Waals surface area (Å²) in [6.45, 7) is 1.79. The first-order chi connectivity index (χ1) is 6.88. The molecule has 1 aliphatic heterocycles. The summed E-state index contributed by atoms with van der Waals surface area (Å²) in [4.78, 5) is 4.25. The van der Waals surface area contributed by atoms with E-state index < -0.39 is 0 Å². The van der Waals surface area contributed by atoms with E-state index in [1.807, 2.05) is 31.3 Å². The fourth-order valence-electron chi connectivity index (χ4n) is 1.34. The monoisotopic (exact) mass is 190 g/mol. The van der Waals surface area contributed by atoms with Crippen molar-refractivity contribution >= 4 is 17.3 Å². The number of hydrogen-bond acceptors (Lipinski definition) is 4. The van der Waals surface area contributed by atoms with Crippen LogP contribution in [-0.4, -0.2) is 26.1 Å². The Balaban J connectivity index is 2.02. The van der Waals surface area contributed by atoms with Gasteiger partial charge in [0.1, 0.15) is 0 Å². The van der Waals surface area contributed by atoms with Crippen molar-refractivity contribution in [1.82, 2.24) is 5.32 Å². The van der Waals surface area contributed by atoms with E-state index in [-0.39, 0.29) is 0 Å². The van der Waals surface area contributed by atoms with Crippen LogP contribution in [0.5, 0.6) is 0 Å². The summed E-state index contributed by atoms with van der Waals surface area (Å²) >= 11 is 0. The summed E-state index contributed by atoms with van der Waals surface area (Å²) in [5, 5.41) is 9.43. The molecule has 0 radical (unpaired) electrons. The molecule has 0 saturated heterocycles. The van der Waals surface area contributed by atoms with Gasteiger partial charge in [0.05, 0.1) is 6.54 Å². The summed E-state index contributed by atoms with van der Waals surface area (Å²) < 4.78 is 0. The number of rotatable bonds is 2. The third kappa shape index (κ3) is 1.96. The molecule has 14 heavy (non-hydrogen) atoms. The lowest BCUT2D eigenvalue weighted by molar-refractivity contribution is 0.959. The molecule has 0 fully saturated rings. The summed E-state index contributed by atoms with van der Waals surface area (Å²) in [5.74, 6) is 0.863. The van der Waals surface area contributed by atoms with E-state index >= 15 is 0 Å². The Labute approximate surface area is 83.4 Å². The minimum absolute atomic E-state index is 0.858. The topological polar surface area (TPSA) is 48.5 Å². The van der Waals surface area contributed by atoms with Gasteiger partial charge in [0.15, 0.2) is 5.96 Å². The molecule has 1 heterocycles. The van der Waals surface area contributed by atoms with Gasteiger partial charge >= 0.3 is 0 Å². The first-order valence-corrected chi connectivity index (χ1v) is 4.71. The summed E-state index contributed by atoms with van der Waals surface area (Å²) in [6, 6.07) is 8.10. The van der Waals surface area contributed by atoms with Crippen molar-refractivity contribution in [2.45, 2.75) is 0 Å². The van der Waals surface area contributed by atoms with Crippen LogP contribution in [0.3, 0.4) is 0 Å². The average Bonchev–Trinajstić information content (AvgIpc) is 2.72. The van der Waals surface area contributed by atoms with Crippen LogP contribution in [0.1, 0.15) is 0 Å². The van der Waals surface area contributed by atoms with Crippen molar-refractivity contribution in [2.75, 3.05) is 30.8 Å². The molecule has 4 heteroatoms. The highest BCUT2D eigenvalue weighted by Crippen LogP contribution is 2.12. The first kappa shape index (κ1) is 8.87. The zero-order valence-corrected chi connectivity index (χ0v) is 8.17. The molecule has 0 saturated carbocycles. The maximum atomic E-state index is 4.25. The largest absolute Gasteiger partial charge is 0.388 e. The summed E-state index contributed by atoms with van der Waals surface area (Å²) in [6.07, 6.45) is 0. The van der Waals surface area contributed by atoms with Gasteiger partial charge in [-0.1, -0.05) is 0 Å². The Morgan fingerprint density at radius 3 is 2.50 bits per heavy atom. The fourth-order valence-corrected chi connectivity index (χ4v) is 1.34. The molecule has 74 valence electrons.